The molecular weight excluding hydrogens is 1020 g/mol. The molecule has 1 atom stereocenters. The van der Waals surface area contributed by atoms with Crippen LogP contribution in [0.4, 0.5) is 0 Å². The van der Waals surface area contributed by atoms with Crippen LogP contribution in [-0.2, 0) is 28.6 Å². The van der Waals surface area contributed by atoms with Crippen LogP contribution in [-0.4, -0.2) is 37.2 Å². The van der Waals surface area contributed by atoms with E-state index in [1.807, 2.05) is 0 Å². The first-order valence-electron chi connectivity index (χ1n) is 35.0. The highest BCUT2D eigenvalue weighted by Crippen LogP contribution is 2.17. The van der Waals surface area contributed by atoms with E-state index in [0.29, 0.717) is 19.3 Å². The summed E-state index contributed by atoms with van der Waals surface area (Å²) in [6, 6.07) is 0. The number of ether oxygens (including phenoxy) is 3. The third kappa shape index (κ3) is 68.5. The lowest BCUT2D eigenvalue weighted by atomic mass is 10.0. The number of allylic oxidation sites excluding steroid dienone is 20. The zero-order valence-electron chi connectivity index (χ0n) is 54.4. The van der Waals surface area contributed by atoms with Gasteiger partial charge in [-0.3, -0.25) is 14.4 Å². The predicted molar refractivity (Wildman–Crippen MR) is 362 cm³/mol. The SMILES string of the molecule is CC/C=C\C/C=C\C/C=C\C/C=C\C/C=C\C/C=C\CCCCCCCCCCC(=O)OCC(COC(=O)CCCC/C=C\C/C=C\C/C=C\C/C=C\CC)OC(=O)CCCCCCCCCCCCCCCCCCCCCCCCC. The van der Waals surface area contributed by atoms with E-state index in [0.717, 1.165) is 128 Å². The van der Waals surface area contributed by atoms with Crippen LogP contribution < -0.4 is 0 Å². The quantitative estimate of drug-likeness (QED) is 0.0261. The van der Waals surface area contributed by atoms with Crippen LogP contribution in [0.5, 0.6) is 0 Å². The van der Waals surface area contributed by atoms with Crippen molar-refractivity contribution in [1.29, 1.82) is 0 Å². The van der Waals surface area contributed by atoms with Crippen molar-refractivity contribution < 1.29 is 28.6 Å². The van der Waals surface area contributed by atoms with E-state index in [-0.39, 0.29) is 31.1 Å². The fraction of sp³-hybridized carbons (Fsp3) is 0.701. The molecule has 0 rings (SSSR count). The molecule has 0 fully saturated rings. The Balaban J connectivity index is 4.37. The topological polar surface area (TPSA) is 78.9 Å². The highest BCUT2D eigenvalue weighted by Gasteiger charge is 2.19. The Labute approximate surface area is 513 Å². The van der Waals surface area contributed by atoms with Gasteiger partial charge in [0.2, 0.25) is 0 Å². The second-order valence-electron chi connectivity index (χ2n) is 23.0. The van der Waals surface area contributed by atoms with Gasteiger partial charge in [-0.2, -0.15) is 0 Å². The molecule has 474 valence electrons. The van der Waals surface area contributed by atoms with Crippen molar-refractivity contribution in [2.75, 3.05) is 13.2 Å². The average Bonchev–Trinajstić information content (AvgIpc) is 3.49. The maximum atomic E-state index is 13.0. The molecule has 0 aliphatic rings. The number of unbranched alkanes of at least 4 members (excludes halogenated alkanes) is 32. The molecule has 0 aromatic heterocycles. The molecule has 0 aromatic carbocycles. The summed E-state index contributed by atoms with van der Waals surface area (Å²) >= 11 is 0. The molecular formula is C77H130O6. The summed E-state index contributed by atoms with van der Waals surface area (Å²) in [7, 11) is 0. The monoisotopic (exact) mass is 1150 g/mol. The van der Waals surface area contributed by atoms with Crippen molar-refractivity contribution in [1.82, 2.24) is 0 Å². The second kappa shape index (κ2) is 70.3. The Morgan fingerprint density at radius 3 is 0.759 bits per heavy atom. The van der Waals surface area contributed by atoms with Gasteiger partial charge >= 0.3 is 17.9 Å². The predicted octanol–water partition coefficient (Wildman–Crippen LogP) is 24.3. The van der Waals surface area contributed by atoms with E-state index < -0.39 is 6.10 Å². The van der Waals surface area contributed by atoms with E-state index in [4.69, 9.17) is 14.2 Å². The molecule has 0 spiro atoms. The van der Waals surface area contributed by atoms with E-state index in [2.05, 4.69) is 142 Å². The summed E-state index contributed by atoms with van der Waals surface area (Å²) in [5, 5.41) is 0. The average molecular weight is 1150 g/mol. The molecule has 6 heteroatoms. The molecule has 0 aliphatic heterocycles. The zero-order valence-corrected chi connectivity index (χ0v) is 54.4. The normalized spacial score (nSPS) is 12.9. The van der Waals surface area contributed by atoms with E-state index in [1.165, 1.54) is 161 Å². The third-order valence-electron chi connectivity index (χ3n) is 15.0. The maximum absolute atomic E-state index is 13.0. The largest absolute Gasteiger partial charge is 0.462 e. The Bertz CT molecular complexity index is 1700. The standard InChI is InChI=1S/C77H130O6/c1-4-7-10-13-16-19-22-25-28-30-32-34-36-37-38-39-41-42-44-46-49-52-55-58-61-64-67-70-76(79)82-73-74(72-81-75(78)69-66-63-60-57-54-51-48-27-24-21-18-15-12-9-6-3)83-77(80)71-68-65-62-59-56-53-50-47-45-43-40-35-33-31-29-26-23-20-17-14-11-8-5-2/h7,9-10,12,16,18-19,21,25,27-28,32,34,37-38,41-42,48,54,57,74H,4-6,8,11,13-15,17,20,22-24,26,29-31,33,35-36,39-40,43-47,49-53,55-56,58-73H2,1-3H3/b10-7-,12-9-,19-16-,21-18-,28-25-,34-32-,38-37-,42-41-,48-27-,57-54-. The minimum Gasteiger partial charge on any atom is -0.462 e. The molecule has 6 nitrogen and oxygen atoms in total. The van der Waals surface area contributed by atoms with Crippen LogP contribution in [0, 0.1) is 0 Å². The Hall–Kier alpha value is -4.19. The van der Waals surface area contributed by atoms with Crippen molar-refractivity contribution in [3.05, 3.63) is 122 Å². The van der Waals surface area contributed by atoms with Crippen molar-refractivity contribution in [3.8, 4) is 0 Å². The van der Waals surface area contributed by atoms with E-state index in [1.54, 1.807) is 0 Å². The van der Waals surface area contributed by atoms with Gasteiger partial charge in [-0.1, -0.05) is 322 Å². The highest BCUT2D eigenvalue weighted by molar-refractivity contribution is 5.71. The molecule has 0 aliphatic carbocycles. The summed E-state index contributed by atoms with van der Waals surface area (Å²) in [5.74, 6) is -0.933. The van der Waals surface area contributed by atoms with Gasteiger partial charge in [0, 0.05) is 19.3 Å². The summed E-state index contributed by atoms with van der Waals surface area (Å²) in [4.78, 5) is 38.4. The summed E-state index contributed by atoms with van der Waals surface area (Å²) in [5.41, 5.74) is 0. The molecule has 0 amide bonds. The fourth-order valence-electron chi connectivity index (χ4n) is 9.79. The van der Waals surface area contributed by atoms with Gasteiger partial charge < -0.3 is 14.2 Å². The van der Waals surface area contributed by atoms with Gasteiger partial charge in [-0.25, -0.2) is 0 Å². The first-order chi connectivity index (χ1) is 41.0. The maximum Gasteiger partial charge on any atom is 0.306 e. The van der Waals surface area contributed by atoms with Gasteiger partial charge in [0.05, 0.1) is 0 Å². The minimum atomic E-state index is -0.802. The molecule has 83 heavy (non-hydrogen) atoms. The molecule has 0 aromatic rings. The van der Waals surface area contributed by atoms with Crippen molar-refractivity contribution in [3.63, 3.8) is 0 Å². The Kier molecular flexibility index (Phi) is 66.7. The lowest BCUT2D eigenvalue weighted by Crippen LogP contribution is -2.30. The zero-order chi connectivity index (χ0) is 59.9. The molecule has 0 saturated heterocycles. The van der Waals surface area contributed by atoms with Crippen LogP contribution in [0.15, 0.2) is 122 Å². The lowest BCUT2D eigenvalue weighted by molar-refractivity contribution is -0.167. The Morgan fingerprint density at radius 2 is 0.470 bits per heavy atom. The van der Waals surface area contributed by atoms with Crippen LogP contribution in [0.25, 0.3) is 0 Å². The number of hydrogen-bond acceptors (Lipinski definition) is 6. The van der Waals surface area contributed by atoms with Gasteiger partial charge in [0.15, 0.2) is 6.10 Å². The van der Waals surface area contributed by atoms with Crippen molar-refractivity contribution >= 4 is 17.9 Å². The van der Waals surface area contributed by atoms with Crippen LogP contribution >= 0.6 is 0 Å². The smallest absolute Gasteiger partial charge is 0.306 e. The first-order valence-corrected chi connectivity index (χ1v) is 35.0. The van der Waals surface area contributed by atoms with Gasteiger partial charge in [-0.15, -0.1) is 0 Å². The van der Waals surface area contributed by atoms with Crippen LogP contribution in [0.3, 0.4) is 0 Å². The number of carbonyl (C=O) groups excluding carboxylic acids is 3. The van der Waals surface area contributed by atoms with Crippen LogP contribution in [0.2, 0.25) is 0 Å². The number of esters is 3. The first kappa shape index (κ1) is 78.8. The number of carbonyl (C=O) groups is 3. The Morgan fingerprint density at radius 1 is 0.253 bits per heavy atom. The summed E-state index contributed by atoms with van der Waals surface area (Å²) in [6.45, 7) is 6.41. The van der Waals surface area contributed by atoms with Gasteiger partial charge in [0.25, 0.3) is 0 Å². The molecule has 0 N–H and O–H groups in total. The van der Waals surface area contributed by atoms with Gasteiger partial charge in [0.1, 0.15) is 13.2 Å². The van der Waals surface area contributed by atoms with Crippen molar-refractivity contribution in [2.45, 2.75) is 335 Å². The summed E-state index contributed by atoms with van der Waals surface area (Å²) < 4.78 is 16.9. The molecule has 1 unspecified atom stereocenters. The van der Waals surface area contributed by atoms with Crippen LogP contribution in [0.1, 0.15) is 329 Å². The highest BCUT2D eigenvalue weighted by atomic mass is 16.6. The minimum absolute atomic E-state index is 0.0956. The molecule has 0 radical (unpaired) electrons. The van der Waals surface area contributed by atoms with E-state index in [9.17, 15) is 14.4 Å². The number of rotatable bonds is 63. The van der Waals surface area contributed by atoms with Gasteiger partial charge in [-0.05, 0) is 109 Å². The lowest BCUT2D eigenvalue weighted by Gasteiger charge is -2.18. The van der Waals surface area contributed by atoms with E-state index >= 15 is 0 Å². The molecule has 0 bridgehead atoms. The molecule has 0 saturated carbocycles. The van der Waals surface area contributed by atoms with Crippen molar-refractivity contribution in [2.24, 2.45) is 0 Å². The second-order valence-corrected chi connectivity index (χ2v) is 23.0. The third-order valence-corrected chi connectivity index (χ3v) is 15.0. The number of hydrogen-bond donors (Lipinski definition) is 0. The molecule has 0 heterocycles. The summed E-state index contributed by atoms with van der Waals surface area (Å²) in [6.07, 6.45) is 98.0. The fourth-order valence-corrected chi connectivity index (χ4v) is 9.79.